The van der Waals surface area contributed by atoms with Crippen LogP contribution in [0.3, 0.4) is 0 Å². The summed E-state index contributed by atoms with van der Waals surface area (Å²) in [5.41, 5.74) is 3.14. The van der Waals surface area contributed by atoms with Gasteiger partial charge in [-0.2, -0.15) is 0 Å². The van der Waals surface area contributed by atoms with Crippen molar-refractivity contribution in [3.05, 3.63) is 35.4 Å². The lowest BCUT2D eigenvalue weighted by Gasteiger charge is -2.53. The van der Waals surface area contributed by atoms with Gasteiger partial charge in [0.15, 0.2) is 0 Å². The van der Waals surface area contributed by atoms with Crippen molar-refractivity contribution in [2.45, 2.75) is 37.9 Å². The van der Waals surface area contributed by atoms with Crippen LogP contribution in [0.15, 0.2) is 24.3 Å². The van der Waals surface area contributed by atoms with Crippen LogP contribution in [0.2, 0.25) is 0 Å². The Bertz CT molecular complexity index is 448. The predicted molar refractivity (Wildman–Crippen MR) is 73.5 cm³/mol. The van der Waals surface area contributed by atoms with E-state index in [0.717, 1.165) is 24.5 Å². The second kappa shape index (κ2) is 4.07. The Labute approximate surface area is 110 Å². The van der Waals surface area contributed by atoms with E-state index < -0.39 is 0 Å². The molecular formula is C16H22N2. The first-order chi connectivity index (χ1) is 8.83. The molecule has 1 aromatic carbocycles. The molecule has 0 aromatic heterocycles. The lowest BCUT2D eigenvalue weighted by Crippen LogP contribution is -2.62. The third kappa shape index (κ3) is 1.55. The zero-order valence-electron chi connectivity index (χ0n) is 11.2. The van der Waals surface area contributed by atoms with Crippen LogP contribution in [0, 0.1) is 5.92 Å². The van der Waals surface area contributed by atoms with Crippen molar-refractivity contribution in [3.8, 4) is 0 Å². The Morgan fingerprint density at radius 3 is 2.56 bits per heavy atom. The molecule has 4 aliphatic rings. The molecule has 4 aliphatic heterocycles. The average Bonchev–Trinajstić information content (AvgIpc) is 2.57. The summed E-state index contributed by atoms with van der Waals surface area (Å²) in [7, 11) is 2.33. The van der Waals surface area contributed by atoms with Gasteiger partial charge in [-0.3, -0.25) is 9.80 Å². The van der Waals surface area contributed by atoms with E-state index in [9.17, 15) is 0 Å². The number of hydrogen-bond acceptors (Lipinski definition) is 2. The Kier molecular flexibility index (Phi) is 2.49. The SMILES string of the molecule is CN1Cc2ccccc2CC2C1C1CCN2CC1. The molecule has 4 heterocycles. The summed E-state index contributed by atoms with van der Waals surface area (Å²) >= 11 is 0. The van der Waals surface area contributed by atoms with Crippen LogP contribution in [-0.2, 0) is 13.0 Å². The Hall–Kier alpha value is -0.860. The maximum Gasteiger partial charge on any atom is 0.0294 e. The van der Waals surface area contributed by atoms with Crippen molar-refractivity contribution in [2.24, 2.45) is 5.92 Å². The standard InChI is InChI=1S/C16H22N2/c1-17-11-14-5-3-2-4-13(14)10-15-16(17)12-6-8-18(15)9-7-12/h2-5,12,15-16H,6-11H2,1H3. The zero-order chi connectivity index (χ0) is 12.1. The molecule has 18 heavy (non-hydrogen) atoms. The fourth-order valence-corrected chi connectivity index (χ4v) is 4.54. The molecule has 0 amide bonds. The highest BCUT2D eigenvalue weighted by Gasteiger charge is 2.45. The minimum atomic E-state index is 0.770. The summed E-state index contributed by atoms with van der Waals surface area (Å²) < 4.78 is 0. The summed E-state index contributed by atoms with van der Waals surface area (Å²) in [6, 6.07) is 10.6. The van der Waals surface area contributed by atoms with Gasteiger partial charge in [-0.15, -0.1) is 0 Å². The van der Waals surface area contributed by atoms with E-state index >= 15 is 0 Å². The predicted octanol–water partition coefficient (Wildman–Crippen LogP) is 2.14. The number of nitrogens with zero attached hydrogens (tertiary/aromatic N) is 2. The van der Waals surface area contributed by atoms with Crippen LogP contribution in [0.4, 0.5) is 0 Å². The molecule has 2 heteroatoms. The quantitative estimate of drug-likeness (QED) is 0.688. The van der Waals surface area contributed by atoms with Gasteiger partial charge in [0.2, 0.25) is 0 Å². The molecule has 96 valence electrons. The average molecular weight is 242 g/mol. The van der Waals surface area contributed by atoms with E-state index in [-0.39, 0.29) is 0 Å². The first-order valence-electron chi connectivity index (χ1n) is 7.34. The van der Waals surface area contributed by atoms with Gasteiger partial charge in [0, 0.05) is 18.6 Å². The third-order valence-electron chi connectivity index (χ3n) is 5.40. The molecule has 0 saturated carbocycles. The molecule has 0 N–H and O–H groups in total. The van der Waals surface area contributed by atoms with Gasteiger partial charge < -0.3 is 0 Å². The summed E-state index contributed by atoms with van der Waals surface area (Å²) in [5, 5.41) is 0. The number of hydrogen-bond donors (Lipinski definition) is 0. The third-order valence-corrected chi connectivity index (χ3v) is 5.40. The van der Waals surface area contributed by atoms with Crippen LogP contribution in [-0.4, -0.2) is 42.0 Å². The number of likely N-dealkylation sites (N-methyl/N-ethyl adjacent to an activating group) is 1. The van der Waals surface area contributed by atoms with E-state index in [0.29, 0.717) is 0 Å². The fraction of sp³-hybridized carbons (Fsp3) is 0.625. The maximum atomic E-state index is 2.75. The van der Waals surface area contributed by atoms with Crippen LogP contribution in [0.5, 0.6) is 0 Å². The molecule has 0 aliphatic carbocycles. The van der Waals surface area contributed by atoms with Crippen molar-refractivity contribution >= 4 is 0 Å². The smallest absolute Gasteiger partial charge is 0.0294 e. The van der Waals surface area contributed by atoms with Crippen LogP contribution < -0.4 is 0 Å². The number of fused-ring (bicyclic) bond motifs is 3. The molecule has 2 unspecified atom stereocenters. The van der Waals surface area contributed by atoms with Crippen molar-refractivity contribution in [1.29, 1.82) is 0 Å². The highest BCUT2D eigenvalue weighted by molar-refractivity contribution is 5.30. The second-order valence-corrected chi connectivity index (χ2v) is 6.32. The normalized spacial score (nSPS) is 38.9. The van der Waals surface area contributed by atoms with Crippen molar-refractivity contribution in [3.63, 3.8) is 0 Å². The van der Waals surface area contributed by atoms with E-state index in [1.807, 2.05) is 0 Å². The molecule has 0 spiro atoms. The van der Waals surface area contributed by atoms with E-state index in [2.05, 4.69) is 41.1 Å². The van der Waals surface area contributed by atoms with Crippen molar-refractivity contribution in [2.75, 3.05) is 20.1 Å². The van der Waals surface area contributed by atoms with Gasteiger partial charge in [-0.25, -0.2) is 0 Å². The van der Waals surface area contributed by atoms with E-state index in [1.54, 1.807) is 11.1 Å². The van der Waals surface area contributed by atoms with E-state index in [1.165, 1.54) is 32.4 Å². The molecule has 3 saturated heterocycles. The number of piperidine rings is 3. The minimum Gasteiger partial charge on any atom is -0.298 e. The summed E-state index contributed by atoms with van der Waals surface area (Å²) in [6.45, 7) is 3.81. The first kappa shape index (κ1) is 11.0. The number of benzene rings is 1. The molecule has 2 nitrogen and oxygen atoms in total. The Balaban J connectivity index is 1.75. The Morgan fingerprint density at radius 1 is 1.06 bits per heavy atom. The topological polar surface area (TPSA) is 6.48 Å². The first-order valence-corrected chi connectivity index (χ1v) is 7.34. The fourth-order valence-electron chi connectivity index (χ4n) is 4.54. The molecule has 1 aromatic rings. The largest absolute Gasteiger partial charge is 0.298 e. The molecular weight excluding hydrogens is 220 g/mol. The minimum absolute atomic E-state index is 0.770. The molecule has 2 atom stereocenters. The second-order valence-electron chi connectivity index (χ2n) is 6.32. The highest BCUT2D eigenvalue weighted by atomic mass is 15.3. The summed E-state index contributed by atoms with van der Waals surface area (Å²) in [6.07, 6.45) is 4.10. The molecule has 3 fully saturated rings. The van der Waals surface area contributed by atoms with Gasteiger partial charge in [-0.05, 0) is 56.4 Å². The summed E-state index contributed by atoms with van der Waals surface area (Å²) in [4.78, 5) is 5.38. The summed E-state index contributed by atoms with van der Waals surface area (Å²) in [5.74, 6) is 0.944. The van der Waals surface area contributed by atoms with Crippen LogP contribution in [0.25, 0.3) is 0 Å². The number of rotatable bonds is 0. The lowest BCUT2D eigenvalue weighted by atomic mass is 9.76. The van der Waals surface area contributed by atoms with Gasteiger partial charge in [0.25, 0.3) is 0 Å². The molecule has 5 rings (SSSR count). The van der Waals surface area contributed by atoms with Gasteiger partial charge in [-0.1, -0.05) is 24.3 Å². The molecule has 0 radical (unpaired) electrons. The molecule has 2 bridgehead atoms. The zero-order valence-corrected chi connectivity index (χ0v) is 11.2. The van der Waals surface area contributed by atoms with Crippen LogP contribution in [0.1, 0.15) is 24.0 Å². The van der Waals surface area contributed by atoms with Gasteiger partial charge >= 0.3 is 0 Å². The van der Waals surface area contributed by atoms with Crippen molar-refractivity contribution in [1.82, 2.24) is 9.80 Å². The highest BCUT2D eigenvalue weighted by Crippen LogP contribution is 2.39. The Morgan fingerprint density at radius 2 is 1.78 bits per heavy atom. The van der Waals surface area contributed by atoms with E-state index in [4.69, 9.17) is 0 Å². The van der Waals surface area contributed by atoms with Gasteiger partial charge in [0.05, 0.1) is 0 Å². The lowest BCUT2D eigenvalue weighted by molar-refractivity contribution is -0.0338. The van der Waals surface area contributed by atoms with Crippen molar-refractivity contribution < 1.29 is 0 Å². The van der Waals surface area contributed by atoms with Gasteiger partial charge in [0.1, 0.15) is 0 Å². The monoisotopic (exact) mass is 242 g/mol. The van der Waals surface area contributed by atoms with Crippen LogP contribution >= 0.6 is 0 Å². The maximum absolute atomic E-state index is 2.75.